The Hall–Kier alpha value is -2.27. The zero-order chi connectivity index (χ0) is 17.5. The summed E-state index contributed by atoms with van der Waals surface area (Å²) in [5.74, 6) is 0. The van der Waals surface area contributed by atoms with E-state index in [9.17, 15) is 23.1 Å². The van der Waals surface area contributed by atoms with Crippen LogP contribution in [0, 0.1) is 13.5 Å². The van der Waals surface area contributed by atoms with Crippen molar-refractivity contribution in [3.63, 3.8) is 0 Å². The maximum atomic E-state index is 13.3. The molecule has 0 saturated carbocycles. The summed E-state index contributed by atoms with van der Waals surface area (Å²) in [6, 6.07) is 1.49. The van der Waals surface area contributed by atoms with E-state index in [0.717, 1.165) is 11.0 Å². The monoisotopic (exact) mass is 328 g/mol. The van der Waals surface area contributed by atoms with Crippen molar-refractivity contribution in [2.75, 3.05) is 4.90 Å². The second kappa shape index (κ2) is 5.74. The van der Waals surface area contributed by atoms with E-state index in [-0.39, 0.29) is 11.3 Å². The molecule has 1 amide bonds. The molecule has 23 heavy (non-hydrogen) atoms. The van der Waals surface area contributed by atoms with Crippen LogP contribution in [0.5, 0.6) is 0 Å². The smallest absolute Gasteiger partial charge is 0.415 e. The van der Waals surface area contributed by atoms with Gasteiger partial charge in [-0.2, -0.15) is 13.2 Å². The number of carbonyl (C=O) groups excluding carboxylic acids is 1. The molecule has 3 atom stereocenters. The van der Waals surface area contributed by atoms with Crippen LogP contribution in [0.2, 0.25) is 0 Å². The number of cyclic esters (lactones) is 1. The molecule has 1 N–H and O–H groups in total. The summed E-state index contributed by atoms with van der Waals surface area (Å²) in [6.45, 7) is 11.1. The first-order valence-corrected chi connectivity index (χ1v) is 6.85. The number of aliphatic hydroxyl groups is 1. The normalized spacial score (nSPS) is 22.7. The number of aliphatic hydroxyl groups excluding tert-OH is 1. The van der Waals surface area contributed by atoms with Crippen molar-refractivity contribution < 1.29 is 27.8 Å². The van der Waals surface area contributed by atoms with Gasteiger partial charge >= 0.3 is 12.3 Å². The van der Waals surface area contributed by atoms with Crippen molar-refractivity contribution in [1.82, 2.24) is 0 Å². The Labute approximate surface area is 131 Å². The van der Waals surface area contributed by atoms with Gasteiger partial charge in [0.2, 0.25) is 0 Å². The van der Waals surface area contributed by atoms with Gasteiger partial charge in [-0.15, -0.1) is 0 Å². The lowest BCUT2D eigenvalue weighted by Crippen LogP contribution is -2.44. The van der Waals surface area contributed by atoms with Gasteiger partial charge in [0.15, 0.2) is 5.69 Å². The minimum Gasteiger partial charge on any atom is -0.444 e. The van der Waals surface area contributed by atoms with Gasteiger partial charge in [0.1, 0.15) is 12.1 Å². The molecule has 124 valence electrons. The number of alkyl halides is 3. The third-order valence-corrected chi connectivity index (χ3v) is 3.83. The third kappa shape index (κ3) is 2.84. The molecular formula is C15H15F3N2O3. The highest BCUT2D eigenvalue weighted by molar-refractivity contribution is 5.92. The van der Waals surface area contributed by atoms with Crippen LogP contribution in [0.3, 0.4) is 0 Å². The predicted octanol–water partition coefficient (Wildman–Crippen LogP) is 3.66. The number of benzene rings is 1. The lowest BCUT2D eigenvalue weighted by molar-refractivity contribution is -0.137. The maximum absolute atomic E-state index is 13.3. The second-order valence-corrected chi connectivity index (χ2v) is 5.40. The number of amides is 1. The van der Waals surface area contributed by atoms with E-state index in [1.54, 1.807) is 6.92 Å². The van der Waals surface area contributed by atoms with E-state index in [0.29, 0.717) is 0 Å². The molecular weight excluding hydrogens is 313 g/mol. The lowest BCUT2D eigenvalue weighted by atomic mass is 10.00. The van der Waals surface area contributed by atoms with Crippen molar-refractivity contribution in [3.8, 4) is 0 Å². The quantitative estimate of drug-likeness (QED) is 0.843. The zero-order valence-electron chi connectivity index (χ0n) is 12.7. The Balaban J connectivity index is 2.65. The SMILES string of the molecule is [C-]#[N+]c1ccc(N2C(=O)O[C@@H](C)[C@@H]2[C@@H](C)O)c(C)c1C(F)(F)F. The van der Waals surface area contributed by atoms with Gasteiger partial charge in [0.25, 0.3) is 0 Å². The molecule has 1 aliphatic rings. The van der Waals surface area contributed by atoms with Gasteiger partial charge in [-0.1, -0.05) is 6.07 Å². The molecule has 0 unspecified atom stereocenters. The summed E-state index contributed by atoms with van der Waals surface area (Å²) in [4.78, 5) is 15.9. The van der Waals surface area contributed by atoms with E-state index in [4.69, 9.17) is 11.3 Å². The molecule has 5 nitrogen and oxygen atoms in total. The molecule has 8 heteroatoms. The summed E-state index contributed by atoms with van der Waals surface area (Å²) in [6.07, 6.45) is -7.21. The maximum Gasteiger partial charge on any atom is 0.415 e. The molecule has 0 bridgehead atoms. The Bertz CT molecular complexity index is 680. The van der Waals surface area contributed by atoms with Gasteiger partial charge in [0.05, 0.1) is 18.2 Å². The number of hydrogen-bond acceptors (Lipinski definition) is 3. The summed E-state index contributed by atoms with van der Waals surface area (Å²) >= 11 is 0. The number of carbonyl (C=O) groups is 1. The fraction of sp³-hybridized carbons (Fsp3) is 0.467. The van der Waals surface area contributed by atoms with Gasteiger partial charge < -0.3 is 9.84 Å². The van der Waals surface area contributed by atoms with E-state index < -0.39 is 41.8 Å². The molecule has 1 heterocycles. The number of hydrogen-bond donors (Lipinski definition) is 1. The van der Waals surface area contributed by atoms with Crippen LogP contribution in [-0.2, 0) is 10.9 Å². The first-order valence-electron chi connectivity index (χ1n) is 6.85. The van der Waals surface area contributed by atoms with Crippen molar-refractivity contribution in [2.45, 2.75) is 45.2 Å². The number of rotatable bonds is 2. The van der Waals surface area contributed by atoms with Gasteiger partial charge in [-0.05, 0) is 32.4 Å². The van der Waals surface area contributed by atoms with E-state index in [1.165, 1.54) is 19.9 Å². The van der Waals surface area contributed by atoms with Crippen LogP contribution < -0.4 is 4.90 Å². The second-order valence-electron chi connectivity index (χ2n) is 5.40. The fourth-order valence-corrected chi connectivity index (χ4v) is 2.88. The first-order chi connectivity index (χ1) is 10.6. The van der Waals surface area contributed by atoms with E-state index in [1.807, 2.05) is 0 Å². The number of halogens is 3. The molecule has 1 saturated heterocycles. The van der Waals surface area contributed by atoms with Crippen LogP contribution in [0.4, 0.5) is 29.3 Å². The van der Waals surface area contributed by atoms with Gasteiger partial charge in [0, 0.05) is 5.69 Å². The highest BCUT2D eigenvalue weighted by atomic mass is 19.4. The number of ether oxygens (including phenoxy) is 1. The summed E-state index contributed by atoms with van der Waals surface area (Å²) < 4.78 is 44.8. The molecule has 0 aromatic heterocycles. The lowest BCUT2D eigenvalue weighted by Gasteiger charge is -2.28. The Kier molecular flexibility index (Phi) is 4.26. The third-order valence-electron chi connectivity index (χ3n) is 3.83. The average molecular weight is 328 g/mol. The topological polar surface area (TPSA) is 54.1 Å². The minimum atomic E-state index is -4.73. The Morgan fingerprint density at radius 2 is 2.04 bits per heavy atom. The Morgan fingerprint density at radius 1 is 1.43 bits per heavy atom. The molecule has 0 aliphatic carbocycles. The molecule has 2 rings (SSSR count). The molecule has 0 spiro atoms. The molecule has 1 aromatic rings. The van der Waals surface area contributed by atoms with Gasteiger partial charge in [-0.25, -0.2) is 9.64 Å². The summed E-state index contributed by atoms with van der Waals surface area (Å²) in [5.41, 5.74) is -1.89. The van der Waals surface area contributed by atoms with Crippen LogP contribution in [0.15, 0.2) is 12.1 Å². The minimum absolute atomic E-state index is 0.0232. The van der Waals surface area contributed by atoms with Crippen molar-refractivity contribution in [3.05, 3.63) is 34.7 Å². The van der Waals surface area contributed by atoms with Crippen LogP contribution in [0.25, 0.3) is 4.85 Å². The number of anilines is 1. The highest BCUT2D eigenvalue weighted by Gasteiger charge is 2.45. The van der Waals surface area contributed by atoms with Crippen molar-refractivity contribution in [2.24, 2.45) is 0 Å². The van der Waals surface area contributed by atoms with Crippen molar-refractivity contribution >= 4 is 17.5 Å². The Morgan fingerprint density at radius 3 is 2.52 bits per heavy atom. The molecule has 1 aromatic carbocycles. The predicted molar refractivity (Wildman–Crippen MR) is 76.3 cm³/mol. The molecule has 0 radical (unpaired) electrons. The first kappa shape index (κ1) is 17.1. The fourth-order valence-electron chi connectivity index (χ4n) is 2.88. The van der Waals surface area contributed by atoms with Crippen LogP contribution in [0.1, 0.15) is 25.0 Å². The van der Waals surface area contributed by atoms with Gasteiger partial charge in [-0.3, -0.25) is 4.90 Å². The van der Waals surface area contributed by atoms with Crippen LogP contribution in [-0.4, -0.2) is 29.4 Å². The van der Waals surface area contributed by atoms with Crippen LogP contribution >= 0.6 is 0 Å². The standard InChI is InChI=1S/C15H15F3N2O3/c1-7-11(6-5-10(19-4)12(7)15(16,17)18)20-13(8(2)21)9(3)23-14(20)22/h5-6,8-9,13,21H,1-3H3/t8-,9+,13+/m1/s1. The zero-order valence-corrected chi connectivity index (χ0v) is 12.7. The molecule has 1 fully saturated rings. The average Bonchev–Trinajstić information content (AvgIpc) is 2.71. The van der Waals surface area contributed by atoms with E-state index >= 15 is 0 Å². The molecule has 1 aliphatic heterocycles. The van der Waals surface area contributed by atoms with Crippen molar-refractivity contribution in [1.29, 1.82) is 0 Å². The largest absolute Gasteiger partial charge is 0.444 e. The summed E-state index contributed by atoms with van der Waals surface area (Å²) in [7, 11) is 0. The summed E-state index contributed by atoms with van der Waals surface area (Å²) in [5, 5.41) is 9.85. The van der Waals surface area contributed by atoms with E-state index in [2.05, 4.69) is 4.85 Å². The highest BCUT2D eigenvalue weighted by Crippen LogP contribution is 2.43. The number of nitrogens with zero attached hydrogens (tertiary/aromatic N) is 2.